The van der Waals surface area contributed by atoms with E-state index in [-0.39, 0.29) is 21.7 Å². The highest BCUT2D eigenvalue weighted by Gasteiger charge is 2.27. The number of hydrogen-bond acceptors (Lipinski definition) is 5. The Kier molecular flexibility index (Phi) is 16.2. The smallest absolute Gasteiger partial charge is 0.123 e. The fourth-order valence-electron chi connectivity index (χ4n) is 5.46. The molecule has 0 amide bonds. The van der Waals surface area contributed by atoms with Crippen LogP contribution in [0.5, 0.6) is 11.5 Å². The average Bonchev–Trinajstić information content (AvgIpc) is 2.92. The number of rotatable bonds is 13. The van der Waals surface area contributed by atoms with E-state index in [1.54, 1.807) is 0 Å². The molecule has 2 rings (SSSR count). The first kappa shape index (κ1) is 41.4. The fourth-order valence-corrected chi connectivity index (χ4v) is 5.46. The highest BCUT2D eigenvalue weighted by molar-refractivity contribution is 5.58. The Morgan fingerprint density at radius 2 is 0.978 bits per heavy atom. The van der Waals surface area contributed by atoms with Crippen LogP contribution in [0.1, 0.15) is 155 Å². The summed E-state index contributed by atoms with van der Waals surface area (Å²) in [6.45, 7) is 27.6. The van der Waals surface area contributed by atoms with Gasteiger partial charge in [0, 0.05) is 13.0 Å². The first-order valence-electron chi connectivity index (χ1n) is 17.4. The number of benzene rings is 2. The molecule has 0 fully saturated rings. The van der Waals surface area contributed by atoms with Crippen LogP contribution in [0, 0.1) is 0 Å². The van der Waals surface area contributed by atoms with Crippen LogP contribution in [0.25, 0.3) is 0 Å². The lowest BCUT2D eigenvalue weighted by atomic mass is 9.78. The molecule has 0 radical (unpaired) electrons. The minimum Gasteiger partial charge on any atom is -0.507 e. The summed E-state index contributed by atoms with van der Waals surface area (Å²) >= 11 is 0. The number of aldehydes is 1. The van der Waals surface area contributed by atoms with E-state index in [0.717, 1.165) is 66.5 Å². The second-order valence-electron chi connectivity index (χ2n) is 16.9. The van der Waals surface area contributed by atoms with E-state index in [2.05, 4.69) is 112 Å². The average molecular weight is 637 g/mol. The maximum Gasteiger partial charge on any atom is 0.123 e. The largest absolute Gasteiger partial charge is 0.507 e. The first-order valence-corrected chi connectivity index (χ1v) is 17.4. The number of nitrogens with zero attached hydrogens (tertiary/aromatic N) is 1. The van der Waals surface area contributed by atoms with E-state index in [0.29, 0.717) is 17.9 Å². The molecule has 3 N–H and O–H groups in total. The number of aryl methyl sites for hydroxylation is 2. The van der Waals surface area contributed by atoms with Crippen LogP contribution < -0.4 is 5.32 Å². The quantitative estimate of drug-likeness (QED) is 0.116. The third-order valence-electron chi connectivity index (χ3n) is 8.28. The predicted octanol–water partition coefficient (Wildman–Crippen LogP) is 9.89. The van der Waals surface area contributed by atoms with Crippen LogP contribution in [0.2, 0.25) is 0 Å². The van der Waals surface area contributed by atoms with Crippen molar-refractivity contribution in [2.75, 3.05) is 20.1 Å². The normalized spacial score (nSPS) is 12.7. The molecule has 0 heterocycles. The summed E-state index contributed by atoms with van der Waals surface area (Å²) in [5.41, 5.74) is 6.07. The van der Waals surface area contributed by atoms with E-state index >= 15 is 0 Å². The van der Waals surface area contributed by atoms with Crippen molar-refractivity contribution in [3.05, 3.63) is 57.6 Å². The zero-order valence-corrected chi connectivity index (χ0v) is 31.8. The lowest BCUT2D eigenvalue weighted by Gasteiger charge is -2.28. The van der Waals surface area contributed by atoms with Crippen molar-refractivity contribution in [1.82, 2.24) is 5.32 Å². The lowest BCUT2D eigenvalue weighted by molar-refractivity contribution is -0.107. The minimum atomic E-state index is -0.110. The number of carbonyl (C=O) groups is 1. The van der Waals surface area contributed by atoms with Crippen LogP contribution in [0.15, 0.2) is 29.3 Å². The van der Waals surface area contributed by atoms with Crippen LogP contribution in [-0.2, 0) is 39.3 Å². The second kappa shape index (κ2) is 18.0. The van der Waals surface area contributed by atoms with Gasteiger partial charge in [0.25, 0.3) is 0 Å². The molecule has 0 spiro atoms. The molecule has 0 aromatic heterocycles. The molecular formula is C41H68N2O3. The fraction of sp³-hybridized carbons (Fsp3) is 0.659. The van der Waals surface area contributed by atoms with Crippen LogP contribution in [0.4, 0.5) is 0 Å². The number of aliphatic imine (C=N–C) groups is 1. The third kappa shape index (κ3) is 14.0. The molecule has 2 aromatic carbocycles. The Hall–Kier alpha value is -2.66. The summed E-state index contributed by atoms with van der Waals surface area (Å²) < 4.78 is 0. The summed E-state index contributed by atoms with van der Waals surface area (Å²) in [4.78, 5) is 15.1. The maximum atomic E-state index is 10.8. The zero-order chi connectivity index (χ0) is 35.3. The molecule has 5 heteroatoms. The van der Waals surface area contributed by atoms with E-state index in [9.17, 15) is 15.0 Å². The van der Waals surface area contributed by atoms with Gasteiger partial charge in [-0.15, -0.1) is 0 Å². The predicted molar refractivity (Wildman–Crippen MR) is 199 cm³/mol. The standard InChI is InChI=1S/C24H42N2O.C17H26O2/c1-23(2,3)20-17-19(18-21(22(20)27)24(4,5)6)13-12-16-26-15-11-9-8-10-14-25-7;1-16(2,3)13-10-12(8-7-9-18)11-14(15(13)19)17(4,5)6/h16-18,25,27H,8-15H2,1-7H3;9-11,19H,7-8H2,1-6H3. The maximum absolute atomic E-state index is 10.8. The number of phenolic OH excluding ortho intramolecular Hbond substituents is 2. The van der Waals surface area contributed by atoms with Crippen molar-refractivity contribution < 1.29 is 15.0 Å². The van der Waals surface area contributed by atoms with Gasteiger partial charge in [-0.05, 0) is 107 Å². The van der Waals surface area contributed by atoms with Gasteiger partial charge >= 0.3 is 0 Å². The molecule has 0 saturated heterocycles. The van der Waals surface area contributed by atoms with Crippen molar-refractivity contribution >= 4 is 12.5 Å². The highest BCUT2D eigenvalue weighted by Crippen LogP contribution is 2.41. The van der Waals surface area contributed by atoms with E-state index in [1.165, 1.54) is 31.2 Å². The van der Waals surface area contributed by atoms with Crippen molar-refractivity contribution in [3.63, 3.8) is 0 Å². The van der Waals surface area contributed by atoms with Gasteiger partial charge in [0.15, 0.2) is 0 Å². The minimum absolute atomic E-state index is 0.0680. The molecular weight excluding hydrogens is 568 g/mol. The number of carbonyl (C=O) groups excluding carboxylic acids is 1. The lowest BCUT2D eigenvalue weighted by Crippen LogP contribution is -2.18. The highest BCUT2D eigenvalue weighted by atomic mass is 16.3. The molecule has 0 bridgehead atoms. The van der Waals surface area contributed by atoms with Gasteiger partial charge in [-0.25, -0.2) is 0 Å². The number of phenols is 2. The molecule has 0 aliphatic carbocycles. The van der Waals surface area contributed by atoms with Crippen molar-refractivity contribution in [2.24, 2.45) is 4.99 Å². The van der Waals surface area contributed by atoms with Crippen LogP contribution >= 0.6 is 0 Å². The van der Waals surface area contributed by atoms with E-state index < -0.39 is 0 Å². The molecule has 0 aliphatic rings. The van der Waals surface area contributed by atoms with Crippen molar-refractivity contribution in [2.45, 2.75) is 156 Å². The van der Waals surface area contributed by atoms with Crippen molar-refractivity contribution in [1.29, 1.82) is 0 Å². The van der Waals surface area contributed by atoms with Gasteiger partial charge in [-0.2, -0.15) is 0 Å². The number of nitrogens with one attached hydrogen (secondary N) is 1. The van der Waals surface area contributed by atoms with Gasteiger partial charge in [0.05, 0.1) is 0 Å². The SMILES string of the molecule is CC(C)(C)c1cc(CCC=O)cc(C(C)(C)C)c1O.CNCCCCCCN=CCCc1cc(C(C)(C)C)c(O)c(C(C)(C)C)c1. The van der Waals surface area contributed by atoms with Gasteiger partial charge in [-0.3, -0.25) is 4.99 Å². The summed E-state index contributed by atoms with van der Waals surface area (Å²) in [7, 11) is 2.01. The Bertz CT molecular complexity index is 1180. The summed E-state index contributed by atoms with van der Waals surface area (Å²) in [5.74, 6) is 0.862. The Morgan fingerprint density at radius 3 is 1.33 bits per heavy atom. The molecule has 260 valence electrons. The van der Waals surface area contributed by atoms with Gasteiger partial charge < -0.3 is 20.3 Å². The Morgan fingerprint density at radius 1 is 0.609 bits per heavy atom. The Labute approximate surface area is 282 Å². The molecule has 0 aliphatic heterocycles. The van der Waals surface area contributed by atoms with Gasteiger partial charge in [0.1, 0.15) is 17.8 Å². The Balaban J connectivity index is 0.000000489. The number of aromatic hydroxyl groups is 2. The molecule has 5 nitrogen and oxygen atoms in total. The molecule has 46 heavy (non-hydrogen) atoms. The van der Waals surface area contributed by atoms with Crippen molar-refractivity contribution in [3.8, 4) is 11.5 Å². The third-order valence-corrected chi connectivity index (χ3v) is 8.28. The molecule has 0 atom stereocenters. The topological polar surface area (TPSA) is 81.9 Å². The van der Waals surface area contributed by atoms with E-state index in [1.807, 2.05) is 19.2 Å². The van der Waals surface area contributed by atoms with E-state index in [4.69, 9.17) is 0 Å². The zero-order valence-electron chi connectivity index (χ0n) is 31.8. The van der Waals surface area contributed by atoms with Crippen LogP contribution in [-0.4, -0.2) is 42.9 Å². The number of hydrogen-bond donors (Lipinski definition) is 3. The summed E-state index contributed by atoms with van der Waals surface area (Å²) in [6, 6.07) is 8.43. The molecule has 2 aromatic rings. The second-order valence-corrected chi connectivity index (χ2v) is 16.9. The van der Waals surface area contributed by atoms with Gasteiger partial charge in [-0.1, -0.05) is 120 Å². The van der Waals surface area contributed by atoms with Gasteiger partial charge in [0.2, 0.25) is 0 Å². The molecule has 0 saturated carbocycles. The number of unbranched alkanes of at least 4 members (excludes halogenated alkanes) is 3. The van der Waals surface area contributed by atoms with Crippen LogP contribution in [0.3, 0.4) is 0 Å². The summed E-state index contributed by atoms with van der Waals surface area (Å²) in [6.07, 6.45) is 11.2. The summed E-state index contributed by atoms with van der Waals surface area (Å²) in [5, 5.41) is 24.5. The molecule has 0 unspecified atom stereocenters. The monoisotopic (exact) mass is 637 g/mol. The first-order chi connectivity index (χ1) is 21.1.